The van der Waals surface area contributed by atoms with Crippen LogP contribution in [0.5, 0.6) is 0 Å². The summed E-state index contributed by atoms with van der Waals surface area (Å²) in [5.41, 5.74) is 2.92. The highest BCUT2D eigenvalue weighted by atomic mass is 19.4. The highest BCUT2D eigenvalue weighted by Gasteiger charge is 2.39. The largest absolute Gasteiger partial charge is 0.452 e. The SMILES string of the molecule is C[C@H](OC(=O)c1ccc(-c2ccc(-c3ccc(C(=O)OCC(F)(F)F)cc3)cc2)cc1)C(F)(F)F. The standard InChI is InChI=1S/C25H18F6O4/c1-15(25(29,30)31)35-23(33)21-12-8-19(9-13-21)17-4-2-16(3-5-17)18-6-10-20(11-7-18)22(32)34-14-24(26,27)28/h2-13,15H,14H2,1H3/t15-/m0/s1. The Balaban J connectivity index is 1.66. The van der Waals surface area contributed by atoms with E-state index in [-0.39, 0.29) is 11.1 Å². The highest BCUT2D eigenvalue weighted by molar-refractivity contribution is 5.91. The van der Waals surface area contributed by atoms with Crippen LogP contribution in [0.25, 0.3) is 22.3 Å². The third kappa shape index (κ3) is 7.08. The van der Waals surface area contributed by atoms with Crippen molar-refractivity contribution in [3.8, 4) is 22.3 Å². The molecule has 184 valence electrons. The average Bonchev–Trinajstić information content (AvgIpc) is 2.82. The summed E-state index contributed by atoms with van der Waals surface area (Å²) >= 11 is 0. The van der Waals surface area contributed by atoms with Gasteiger partial charge in [0.1, 0.15) is 0 Å². The molecule has 0 saturated carbocycles. The third-order valence-corrected chi connectivity index (χ3v) is 4.90. The van der Waals surface area contributed by atoms with Crippen LogP contribution in [0.1, 0.15) is 27.6 Å². The van der Waals surface area contributed by atoms with E-state index in [1.165, 1.54) is 24.3 Å². The van der Waals surface area contributed by atoms with Crippen LogP contribution in [-0.2, 0) is 9.47 Å². The Morgan fingerprint density at radius 1 is 0.657 bits per heavy atom. The molecule has 0 aromatic heterocycles. The number of hydrogen-bond donors (Lipinski definition) is 0. The molecule has 0 aliphatic heterocycles. The van der Waals surface area contributed by atoms with Crippen molar-refractivity contribution in [2.75, 3.05) is 6.61 Å². The zero-order valence-corrected chi connectivity index (χ0v) is 18.1. The molecule has 0 N–H and O–H groups in total. The maximum atomic E-state index is 12.6. The van der Waals surface area contributed by atoms with Crippen LogP contribution in [-0.4, -0.2) is 37.0 Å². The molecular weight excluding hydrogens is 478 g/mol. The smallest absolute Gasteiger partial charge is 0.425 e. The van der Waals surface area contributed by atoms with Crippen LogP contribution in [0.2, 0.25) is 0 Å². The monoisotopic (exact) mass is 496 g/mol. The van der Waals surface area contributed by atoms with Gasteiger partial charge in [-0.3, -0.25) is 0 Å². The van der Waals surface area contributed by atoms with Gasteiger partial charge in [-0.2, -0.15) is 26.3 Å². The van der Waals surface area contributed by atoms with Gasteiger partial charge in [0.25, 0.3) is 0 Å². The van der Waals surface area contributed by atoms with Crippen molar-refractivity contribution in [2.45, 2.75) is 25.4 Å². The lowest BCUT2D eigenvalue weighted by Crippen LogP contribution is -2.30. The minimum absolute atomic E-state index is 0.0159. The lowest BCUT2D eigenvalue weighted by atomic mass is 9.99. The van der Waals surface area contributed by atoms with Gasteiger partial charge in [-0.15, -0.1) is 0 Å². The molecule has 1 atom stereocenters. The Kier molecular flexibility index (Phi) is 7.52. The van der Waals surface area contributed by atoms with E-state index in [9.17, 15) is 35.9 Å². The van der Waals surface area contributed by atoms with E-state index in [4.69, 9.17) is 0 Å². The van der Waals surface area contributed by atoms with E-state index in [1.807, 2.05) is 0 Å². The normalized spacial score (nSPS) is 12.7. The number of esters is 2. The summed E-state index contributed by atoms with van der Waals surface area (Å²) < 4.78 is 82.8. The topological polar surface area (TPSA) is 52.6 Å². The predicted octanol–water partition coefficient (Wildman–Crippen LogP) is 6.85. The van der Waals surface area contributed by atoms with Crippen molar-refractivity contribution < 1.29 is 45.4 Å². The molecule has 3 rings (SSSR count). The quantitative estimate of drug-likeness (QED) is 0.277. The predicted molar refractivity (Wildman–Crippen MR) is 115 cm³/mol. The van der Waals surface area contributed by atoms with Crippen molar-refractivity contribution in [3.63, 3.8) is 0 Å². The van der Waals surface area contributed by atoms with Crippen molar-refractivity contribution >= 4 is 11.9 Å². The molecule has 10 heteroatoms. The van der Waals surface area contributed by atoms with Gasteiger partial charge >= 0.3 is 24.3 Å². The summed E-state index contributed by atoms with van der Waals surface area (Å²) in [7, 11) is 0. The average molecular weight is 496 g/mol. The van der Waals surface area contributed by atoms with E-state index >= 15 is 0 Å². The van der Waals surface area contributed by atoms with E-state index < -0.39 is 37.0 Å². The van der Waals surface area contributed by atoms with E-state index in [0.29, 0.717) is 11.1 Å². The Bertz CT molecular complexity index is 1170. The Morgan fingerprint density at radius 3 is 1.34 bits per heavy atom. The molecule has 35 heavy (non-hydrogen) atoms. The van der Waals surface area contributed by atoms with Gasteiger partial charge < -0.3 is 9.47 Å². The lowest BCUT2D eigenvalue weighted by molar-refractivity contribution is -0.198. The van der Waals surface area contributed by atoms with E-state index in [2.05, 4.69) is 9.47 Å². The van der Waals surface area contributed by atoms with Gasteiger partial charge in [-0.25, -0.2) is 9.59 Å². The van der Waals surface area contributed by atoms with Gasteiger partial charge in [0.15, 0.2) is 12.7 Å². The van der Waals surface area contributed by atoms with E-state index in [0.717, 1.165) is 18.1 Å². The van der Waals surface area contributed by atoms with Gasteiger partial charge in [0, 0.05) is 0 Å². The molecule has 0 aliphatic rings. The zero-order chi connectivity index (χ0) is 25.8. The molecule has 0 aliphatic carbocycles. The van der Waals surface area contributed by atoms with Gasteiger partial charge in [-0.1, -0.05) is 48.5 Å². The maximum absolute atomic E-state index is 12.6. The molecular formula is C25H18F6O4. The highest BCUT2D eigenvalue weighted by Crippen LogP contribution is 2.27. The zero-order valence-electron chi connectivity index (χ0n) is 18.1. The fraction of sp³-hybridized carbons (Fsp3) is 0.200. The Hall–Kier alpha value is -3.82. The van der Waals surface area contributed by atoms with Crippen LogP contribution in [0.15, 0.2) is 72.8 Å². The van der Waals surface area contributed by atoms with Gasteiger partial charge in [0.05, 0.1) is 11.1 Å². The summed E-state index contributed by atoms with van der Waals surface area (Å²) in [5, 5.41) is 0. The first-order chi connectivity index (χ1) is 16.3. The number of halogens is 6. The number of hydrogen-bond acceptors (Lipinski definition) is 4. The number of carbonyl (C=O) groups excluding carboxylic acids is 2. The summed E-state index contributed by atoms with van der Waals surface area (Å²) in [6.07, 6.45) is -11.5. The first kappa shape index (κ1) is 25.8. The van der Waals surface area contributed by atoms with Crippen LogP contribution < -0.4 is 0 Å². The maximum Gasteiger partial charge on any atom is 0.425 e. The number of ether oxygens (including phenoxy) is 2. The second-order valence-corrected chi connectivity index (χ2v) is 7.51. The van der Waals surface area contributed by atoms with E-state index in [1.54, 1.807) is 48.5 Å². The summed E-state index contributed by atoms with van der Waals surface area (Å²) in [6.45, 7) is -0.912. The number of carbonyl (C=O) groups is 2. The van der Waals surface area contributed by atoms with Crippen LogP contribution in [0.4, 0.5) is 26.3 Å². The molecule has 0 spiro atoms. The minimum Gasteiger partial charge on any atom is -0.452 e. The first-order valence-electron chi connectivity index (χ1n) is 10.2. The van der Waals surface area contributed by atoms with Gasteiger partial charge in [-0.05, 0) is 53.4 Å². The molecule has 0 amide bonds. The lowest BCUT2D eigenvalue weighted by Gasteiger charge is -2.16. The Morgan fingerprint density at radius 2 is 1.00 bits per heavy atom. The van der Waals surface area contributed by atoms with Crippen molar-refractivity contribution in [1.29, 1.82) is 0 Å². The van der Waals surface area contributed by atoms with Crippen molar-refractivity contribution in [2.24, 2.45) is 0 Å². The summed E-state index contributed by atoms with van der Waals surface area (Å²) in [4.78, 5) is 23.6. The van der Waals surface area contributed by atoms with Gasteiger partial charge in [0.2, 0.25) is 0 Å². The fourth-order valence-corrected chi connectivity index (χ4v) is 2.98. The first-order valence-corrected chi connectivity index (χ1v) is 10.2. The van der Waals surface area contributed by atoms with Crippen LogP contribution >= 0.6 is 0 Å². The van der Waals surface area contributed by atoms with Crippen molar-refractivity contribution in [1.82, 2.24) is 0 Å². The molecule has 0 bridgehead atoms. The van der Waals surface area contributed by atoms with Crippen LogP contribution in [0.3, 0.4) is 0 Å². The molecule has 0 heterocycles. The van der Waals surface area contributed by atoms with Crippen LogP contribution in [0, 0.1) is 0 Å². The molecule has 0 fully saturated rings. The third-order valence-electron chi connectivity index (χ3n) is 4.90. The fourth-order valence-electron chi connectivity index (χ4n) is 2.98. The Labute approximate surface area is 196 Å². The second-order valence-electron chi connectivity index (χ2n) is 7.51. The molecule has 0 unspecified atom stereocenters. The molecule has 0 saturated heterocycles. The second kappa shape index (κ2) is 10.2. The summed E-state index contributed by atoms with van der Waals surface area (Å²) in [6, 6.07) is 18.9. The molecule has 3 aromatic carbocycles. The summed E-state index contributed by atoms with van der Waals surface area (Å²) in [5.74, 6) is -2.16. The molecule has 4 nitrogen and oxygen atoms in total. The molecule has 3 aromatic rings. The molecule has 0 radical (unpaired) electrons. The minimum atomic E-state index is -4.64. The van der Waals surface area contributed by atoms with Crippen molar-refractivity contribution in [3.05, 3.63) is 83.9 Å². The number of alkyl halides is 6. The number of benzene rings is 3. The number of rotatable bonds is 6.